The molecule has 0 spiro atoms. The smallest absolute Gasteiger partial charge is 0.325 e. The lowest BCUT2D eigenvalue weighted by Crippen LogP contribution is -2.42. The van der Waals surface area contributed by atoms with Crippen LogP contribution in [0.3, 0.4) is 0 Å². The quantitative estimate of drug-likeness (QED) is 0.570. The molecule has 2 aliphatic rings. The molecule has 2 aromatic rings. The second-order valence-corrected chi connectivity index (χ2v) is 7.40. The van der Waals surface area contributed by atoms with Gasteiger partial charge in [0.2, 0.25) is 5.91 Å². The van der Waals surface area contributed by atoms with Gasteiger partial charge in [0.1, 0.15) is 17.9 Å². The first-order valence-corrected chi connectivity index (χ1v) is 9.29. The fourth-order valence-electron chi connectivity index (χ4n) is 3.67. The fourth-order valence-corrected chi connectivity index (χ4v) is 3.67. The Kier molecular flexibility index (Phi) is 4.57. The molecule has 6 amide bonds. The van der Waals surface area contributed by atoms with Crippen LogP contribution in [0.1, 0.15) is 33.2 Å². The Morgan fingerprint density at radius 2 is 1.74 bits per heavy atom. The summed E-state index contributed by atoms with van der Waals surface area (Å²) in [5.41, 5.74) is -1.06. The van der Waals surface area contributed by atoms with Crippen molar-refractivity contribution < 1.29 is 28.4 Å². The van der Waals surface area contributed by atoms with Gasteiger partial charge in [-0.1, -0.05) is 18.2 Å². The maximum atomic E-state index is 14.2. The highest BCUT2D eigenvalue weighted by Crippen LogP contribution is 2.30. The van der Waals surface area contributed by atoms with Crippen LogP contribution in [0.25, 0.3) is 0 Å². The molecular formula is C21H17FN4O5. The molecule has 4 rings (SSSR count). The topological polar surface area (TPSA) is 116 Å². The van der Waals surface area contributed by atoms with E-state index in [0.29, 0.717) is 4.90 Å². The van der Waals surface area contributed by atoms with Gasteiger partial charge in [0, 0.05) is 18.3 Å². The third-order valence-corrected chi connectivity index (χ3v) is 5.36. The largest absolute Gasteiger partial charge is 0.325 e. The molecule has 0 bridgehead atoms. The summed E-state index contributed by atoms with van der Waals surface area (Å²) in [6.45, 7) is 0.752. The minimum atomic E-state index is -1.65. The third-order valence-electron chi connectivity index (χ3n) is 5.36. The molecule has 31 heavy (non-hydrogen) atoms. The molecule has 158 valence electrons. The van der Waals surface area contributed by atoms with Gasteiger partial charge < -0.3 is 10.6 Å². The van der Waals surface area contributed by atoms with Crippen LogP contribution in [-0.4, -0.2) is 53.1 Å². The molecule has 0 aliphatic carbocycles. The number of carbonyl (C=O) groups is 5. The van der Waals surface area contributed by atoms with Gasteiger partial charge in [-0.2, -0.15) is 0 Å². The fraction of sp³-hybridized carbons (Fsp3) is 0.190. The lowest BCUT2D eigenvalue weighted by Gasteiger charge is -2.22. The summed E-state index contributed by atoms with van der Waals surface area (Å²) in [5, 5.41) is 4.94. The van der Waals surface area contributed by atoms with Gasteiger partial charge in [-0.3, -0.25) is 29.0 Å². The van der Waals surface area contributed by atoms with Crippen LogP contribution in [0.2, 0.25) is 0 Å². The summed E-state index contributed by atoms with van der Waals surface area (Å²) in [4.78, 5) is 63.4. The zero-order valence-corrected chi connectivity index (χ0v) is 16.6. The average Bonchev–Trinajstić information content (AvgIpc) is 3.08. The maximum Gasteiger partial charge on any atom is 0.325 e. The molecular weight excluding hydrogens is 407 g/mol. The van der Waals surface area contributed by atoms with Gasteiger partial charge in [0.05, 0.1) is 11.1 Å². The van der Waals surface area contributed by atoms with Crippen LogP contribution >= 0.6 is 0 Å². The monoisotopic (exact) mass is 424 g/mol. The van der Waals surface area contributed by atoms with Gasteiger partial charge in [0.15, 0.2) is 0 Å². The number of benzene rings is 2. The first-order valence-electron chi connectivity index (χ1n) is 9.29. The molecule has 0 saturated carbocycles. The van der Waals surface area contributed by atoms with Crippen molar-refractivity contribution >= 4 is 35.3 Å². The number of hydrogen-bond acceptors (Lipinski definition) is 5. The van der Waals surface area contributed by atoms with Crippen LogP contribution in [0.15, 0.2) is 42.5 Å². The first-order chi connectivity index (χ1) is 14.6. The van der Waals surface area contributed by atoms with E-state index in [0.717, 1.165) is 4.90 Å². The van der Waals surface area contributed by atoms with Crippen LogP contribution < -0.4 is 10.6 Å². The molecule has 2 N–H and O–H groups in total. The van der Waals surface area contributed by atoms with Crippen LogP contribution in [0, 0.1) is 5.82 Å². The number of urea groups is 1. The van der Waals surface area contributed by atoms with E-state index in [9.17, 15) is 28.4 Å². The number of amides is 6. The number of anilines is 1. The molecule has 0 radical (unpaired) electrons. The van der Waals surface area contributed by atoms with E-state index >= 15 is 0 Å². The van der Waals surface area contributed by atoms with Crippen molar-refractivity contribution in [1.29, 1.82) is 0 Å². The maximum absolute atomic E-state index is 14.2. The predicted octanol–water partition coefficient (Wildman–Crippen LogP) is 1.46. The highest BCUT2D eigenvalue weighted by atomic mass is 19.1. The molecule has 10 heteroatoms. The molecule has 1 saturated heterocycles. The van der Waals surface area contributed by atoms with Crippen molar-refractivity contribution in [2.24, 2.45) is 0 Å². The van der Waals surface area contributed by atoms with Gasteiger partial charge in [-0.25, -0.2) is 9.18 Å². The summed E-state index contributed by atoms with van der Waals surface area (Å²) < 4.78 is 14.2. The van der Waals surface area contributed by atoms with Crippen LogP contribution in [0.4, 0.5) is 14.9 Å². The zero-order chi connectivity index (χ0) is 22.5. The standard InChI is InChI=1S/C21H17FN4O5/c1-21(14-5-3-4-6-15(14)22)19(30)26(20(31)24-21)10-16(27)23-11-7-8-12-13(9-11)18(29)25(2)17(12)28/h3-9H,10H2,1-2H3,(H,23,27)(H,24,31). The molecule has 9 nitrogen and oxygen atoms in total. The Balaban J connectivity index is 1.50. The summed E-state index contributed by atoms with van der Waals surface area (Å²) in [7, 11) is 1.35. The summed E-state index contributed by atoms with van der Waals surface area (Å²) >= 11 is 0. The van der Waals surface area contributed by atoms with Crippen LogP contribution in [0.5, 0.6) is 0 Å². The molecule has 0 aromatic heterocycles. The van der Waals surface area contributed by atoms with Crippen molar-refractivity contribution in [1.82, 2.24) is 15.1 Å². The van der Waals surface area contributed by atoms with Crippen LogP contribution in [-0.2, 0) is 15.1 Å². The van der Waals surface area contributed by atoms with E-state index in [-0.39, 0.29) is 22.4 Å². The van der Waals surface area contributed by atoms with Crippen molar-refractivity contribution in [2.75, 3.05) is 18.9 Å². The number of rotatable bonds is 4. The van der Waals surface area contributed by atoms with Gasteiger partial charge >= 0.3 is 6.03 Å². The van der Waals surface area contributed by atoms with E-state index in [2.05, 4.69) is 10.6 Å². The van der Waals surface area contributed by atoms with E-state index in [4.69, 9.17) is 0 Å². The normalized spacial score (nSPS) is 20.2. The Bertz CT molecular complexity index is 1180. The predicted molar refractivity (Wildman–Crippen MR) is 105 cm³/mol. The van der Waals surface area contributed by atoms with E-state index in [1.165, 1.54) is 56.4 Å². The summed E-state index contributed by atoms with van der Waals surface area (Å²) in [6.07, 6.45) is 0. The van der Waals surface area contributed by atoms with Crippen molar-refractivity contribution in [3.8, 4) is 0 Å². The number of fused-ring (bicyclic) bond motifs is 1. The van der Waals surface area contributed by atoms with Gasteiger partial charge in [0.25, 0.3) is 17.7 Å². The van der Waals surface area contributed by atoms with E-state index in [1.807, 2.05) is 0 Å². The number of imide groups is 2. The Morgan fingerprint density at radius 1 is 1.06 bits per heavy atom. The first kappa shape index (κ1) is 20.2. The van der Waals surface area contributed by atoms with Crippen molar-refractivity contribution in [3.05, 3.63) is 65.0 Å². The Hall–Kier alpha value is -4.08. The number of nitrogens with zero attached hydrogens (tertiary/aromatic N) is 2. The van der Waals surface area contributed by atoms with Gasteiger partial charge in [-0.05, 0) is 31.2 Å². The molecule has 1 atom stereocenters. The molecule has 2 aliphatic heterocycles. The number of hydrogen-bond donors (Lipinski definition) is 2. The van der Waals surface area contributed by atoms with E-state index in [1.54, 1.807) is 0 Å². The highest BCUT2D eigenvalue weighted by molar-refractivity contribution is 6.21. The molecule has 1 fully saturated rings. The zero-order valence-electron chi connectivity index (χ0n) is 16.6. The molecule has 2 aromatic carbocycles. The summed E-state index contributed by atoms with van der Waals surface area (Å²) in [6, 6.07) is 8.93. The molecule has 2 heterocycles. The Morgan fingerprint density at radius 3 is 2.45 bits per heavy atom. The lowest BCUT2D eigenvalue weighted by molar-refractivity contribution is -0.133. The molecule has 1 unspecified atom stereocenters. The van der Waals surface area contributed by atoms with E-state index < -0.39 is 47.6 Å². The second kappa shape index (κ2) is 7.01. The minimum Gasteiger partial charge on any atom is -0.325 e. The summed E-state index contributed by atoms with van der Waals surface area (Å²) in [5.74, 6) is -3.07. The highest BCUT2D eigenvalue weighted by Gasteiger charge is 2.50. The minimum absolute atomic E-state index is 0.0119. The number of nitrogens with one attached hydrogen (secondary N) is 2. The number of carbonyl (C=O) groups excluding carboxylic acids is 5. The SMILES string of the molecule is CN1C(=O)c2ccc(NC(=O)CN3C(=O)NC(C)(c4ccccc4F)C3=O)cc2C1=O. The third kappa shape index (κ3) is 3.12. The second-order valence-electron chi connectivity index (χ2n) is 7.40. The number of halogens is 1. The average molecular weight is 424 g/mol. The van der Waals surface area contributed by atoms with Crippen molar-refractivity contribution in [2.45, 2.75) is 12.5 Å². The lowest BCUT2D eigenvalue weighted by atomic mass is 9.91. The van der Waals surface area contributed by atoms with Crippen molar-refractivity contribution in [3.63, 3.8) is 0 Å². The Labute approximate surface area is 175 Å². The van der Waals surface area contributed by atoms with Gasteiger partial charge in [-0.15, -0.1) is 0 Å².